The molecule has 1 aromatic carbocycles. The summed E-state index contributed by atoms with van der Waals surface area (Å²) in [5.74, 6) is 0. The summed E-state index contributed by atoms with van der Waals surface area (Å²) in [7, 11) is 0. The van der Waals surface area contributed by atoms with Crippen LogP contribution in [-0.4, -0.2) is 16.3 Å². The Bertz CT molecular complexity index is 777. The summed E-state index contributed by atoms with van der Waals surface area (Å²) in [6.45, 7) is 2.06. The number of aldehydes is 1. The van der Waals surface area contributed by atoms with Gasteiger partial charge in [-0.1, -0.05) is 28.1 Å². The van der Waals surface area contributed by atoms with Crippen LogP contribution in [0.15, 0.2) is 40.9 Å². The molecule has 0 spiro atoms. The summed E-state index contributed by atoms with van der Waals surface area (Å²) in [4.78, 5) is 18.4. The van der Waals surface area contributed by atoms with Crippen LogP contribution in [0.4, 0.5) is 0 Å². The molecule has 19 heavy (non-hydrogen) atoms. The molecular formula is C15H11BrN2O. The molecular weight excluding hydrogens is 304 g/mol. The summed E-state index contributed by atoms with van der Waals surface area (Å²) in [5, 5.41) is 0. The van der Waals surface area contributed by atoms with Crippen LogP contribution < -0.4 is 0 Å². The maximum absolute atomic E-state index is 10.7. The Morgan fingerprint density at radius 3 is 2.89 bits per heavy atom. The van der Waals surface area contributed by atoms with Gasteiger partial charge < -0.3 is 4.98 Å². The van der Waals surface area contributed by atoms with Crippen LogP contribution in [-0.2, 0) is 0 Å². The van der Waals surface area contributed by atoms with Crippen LogP contribution in [0, 0.1) is 6.92 Å². The molecule has 0 unspecified atom stereocenters. The Balaban J connectivity index is 2.20. The number of benzene rings is 1. The van der Waals surface area contributed by atoms with Crippen LogP contribution in [0.25, 0.3) is 22.3 Å². The van der Waals surface area contributed by atoms with E-state index in [2.05, 4.69) is 38.9 Å². The van der Waals surface area contributed by atoms with Crippen LogP contribution >= 0.6 is 15.9 Å². The maximum Gasteiger partial charge on any atom is 0.168 e. The monoisotopic (exact) mass is 314 g/mol. The zero-order chi connectivity index (χ0) is 13.4. The van der Waals surface area contributed by atoms with Crippen LogP contribution in [0.5, 0.6) is 0 Å². The minimum Gasteiger partial charge on any atom is -0.353 e. The predicted molar refractivity (Wildman–Crippen MR) is 79.4 cm³/mol. The first-order chi connectivity index (χ1) is 9.19. The zero-order valence-electron chi connectivity index (χ0n) is 10.3. The molecule has 94 valence electrons. The van der Waals surface area contributed by atoms with Gasteiger partial charge >= 0.3 is 0 Å². The minimum atomic E-state index is 0.448. The van der Waals surface area contributed by atoms with Crippen molar-refractivity contribution in [1.29, 1.82) is 0 Å². The van der Waals surface area contributed by atoms with Crippen LogP contribution in [0.3, 0.4) is 0 Å². The van der Waals surface area contributed by atoms with E-state index in [9.17, 15) is 4.79 Å². The second-order valence-corrected chi connectivity index (χ2v) is 5.24. The lowest BCUT2D eigenvalue weighted by Crippen LogP contribution is -1.84. The van der Waals surface area contributed by atoms with Crippen molar-refractivity contribution < 1.29 is 4.79 Å². The fourth-order valence-corrected chi connectivity index (χ4v) is 2.50. The van der Waals surface area contributed by atoms with E-state index in [0.29, 0.717) is 5.69 Å². The SMILES string of the molecule is Cc1c(Br)cccc1-c1cc2nc(C=O)ccc2[nH]1. The standard InChI is InChI=1S/C15H11BrN2O/c1-9-11(3-2-4-12(9)16)14-7-15-13(18-14)6-5-10(8-19)17-15/h2-8,18H,1H3. The van der Waals surface area contributed by atoms with E-state index in [-0.39, 0.29) is 0 Å². The van der Waals surface area contributed by atoms with E-state index in [1.807, 2.05) is 24.3 Å². The summed E-state index contributed by atoms with van der Waals surface area (Å²) in [6, 6.07) is 11.6. The third kappa shape index (κ3) is 2.08. The van der Waals surface area contributed by atoms with Gasteiger partial charge in [0.2, 0.25) is 0 Å². The third-order valence-corrected chi connectivity index (χ3v) is 4.03. The molecule has 2 heterocycles. The van der Waals surface area contributed by atoms with Gasteiger partial charge in [-0.2, -0.15) is 0 Å². The molecule has 4 heteroatoms. The van der Waals surface area contributed by atoms with Crippen molar-refractivity contribution >= 4 is 33.2 Å². The number of nitrogens with one attached hydrogen (secondary N) is 1. The predicted octanol–water partition coefficient (Wildman–Crippen LogP) is 4.11. The maximum atomic E-state index is 10.7. The lowest BCUT2D eigenvalue weighted by Gasteiger charge is -2.04. The van der Waals surface area contributed by atoms with Gasteiger partial charge in [0.1, 0.15) is 5.69 Å². The number of H-pyrrole nitrogens is 1. The fourth-order valence-electron chi connectivity index (χ4n) is 2.13. The number of aromatic nitrogens is 2. The normalized spacial score (nSPS) is 10.8. The second kappa shape index (κ2) is 4.63. The molecule has 0 aliphatic rings. The molecule has 0 saturated heterocycles. The van der Waals surface area contributed by atoms with Crippen molar-refractivity contribution in [1.82, 2.24) is 9.97 Å². The Labute approximate surface area is 118 Å². The molecule has 0 amide bonds. The van der Waals surface area contributed by atoms with Crippen molar-refractivity contribution in [2.45, 2.75) is 6.92 Å². The van der Waals surface area contributed by atoms with Crippen molar-refractivity contribution in [3.05, 3.63) is 52.1 Å². The smallest absolute Gasteiger partial charge is 0.168 e. The topological polar surface area (TPSA) is 45.8 Å². The highest BCUT2D eigenvalue weighted by molar-refractivity contribution is 9.10. The number of hydrogen-bond donors (Lipinski definition) is 1. The van der Waals surface area contributed by atoms with Crippen molar-refractivity contribution in [3.63, 3.8) is 0 Å². The van der Waals surface area contributed by atoms with Gasteiger partial charge in [-0.05, 0) is 36.8 Å². The summed E-state index contributed by atoms with van der Waals surface area (Å²) in [5.41, 5.74) is 5.48. The van der Waals surface area contributed by atoms with Crippen molar-refractivity contribution in [3.8, 4) is 11.3 Å². The summed E-state index contributed by atoms with van der Waals surface area (Å²) in [6.07, 6.45) is 0.760. The highest BCUT2D eigenvalue weighted by atomic mass is 79.9. The Kier molecular flexibility index (Phi) is 2.95. The zero-order valence-corrected chi connectivity index (χ0v) is 11.9. The molecule has 2 aromatic heterocycles. The van der Waals surface area contributed by atoms with Crippen molar-refractivity contribution in [2.24, 2.45) is 0 Å². The molecule has 0 bridgehead atoms. The molecule has 0 atom stereocenters. The first kappa shape index (κ1) is 12.1. The number of carbonyl (C=O) groups excluding carboxylic acids is 1. The van der Waals surface area contributed by atoms with Gasteiger partial charge in [0, 0.05) is 15.7 Å². The summed E-state index contributed by atoms with van der Waals surface area (Å²) < 4.78 is 1.07. The molecule has 3 rings (SSSR count). The molecule has 0 aliphatic carbocycles. The van der Waals surface area contributed by atoms with E-state index >= 15 is 0 Å². The Hall–Kier alpha value is -1.94. The summed E-state index contributed by atoms with van der Waals surface area (Å²) >= 11 is 3.53. The molecule has 0 saturated carbocycles. The molecule has 1 N–H and O–H groups in total. The van der Waals surface area contributed by atoms with Gasteiger partial charge in [-0.3, -0.25) is 4.79 Å². The van der Waals surface area contributed by atoms with E-state index in [1.54, 1.807) is 6.07 Å². The number of pyridine rings is 1. The lowest BCUT2D eigenvalue weighted by molar-refractivity contribution is 0.111. The van der Waals surface area contributed by atoms with Gasteiger partial charge in [0.05, 0.1) is 11.0 Å². The van der Waals surface area contributed by atoms with E-state index in [4.69, 9.17) is 0 Å². The Morgan fingerprint density at radius 2 is 2.11 bits per heavy atom. The Morgan fingerprint density at radius 1 is 1.26 bits per heavy atom. The first-order valence-electron chi connectivity index (χ1n) is 5.89. The molecule has 0 radical (unpaired) electrons. The van der Waals surface area contributed by atoms with E-state index < -0.39 is 0 Å². The second-order valence-electron chi connectivity index (χ2n) is 4.38. The minimum absolute atomic E-state index is 0.448. The van der Waals surface area contributed by atoms with Gasteiger partial charge in [0.25, 0.3) is 0 Å². The van der Waals surface area contributed by atoms with E-state index in [1.165, 1.54) is 5.56 Å². The van der Waals surface area contributed by atoms with Gasteiger partial charge in [-0.25, -0.2) is 4.98 Å². The molecule has 0 fully saturated rings. The van der Waals surface area contributed by atoms with Gasteiger partial charge in [0.15, 0.2) is 6.29 Å². The largest absolute Gasteiger partial charge is 0.353 e. The highest BCUT2D eigenvalue weighted by Gasteiger charge is 2.08. The van der Waals surface area contributed by atoms with Crippen molar-refractivity contribution in [2.75, 3.05) is 0 Å². The third-order valence-electron chi connectivity index (χ3n) is 3.18. The number of rotatable bonds is 2. The number of hydrogen-bond acceptors (Lipinski definition) is 2. The molecule has 0 aliphatic heterocycles. The number of nitrogens with zero attached hydrogens (tertiary/aromatic N) is 1. The number of carbonyl (C=O) groups is 1. The fraction of sp³-hybridized carbons (Fsp3) is 0.0667. The average molecular weight is 315 g/mol. The number of halogens is 1. The highest BCUT2D eigenvalue weighted by Crippen LogP contribution is 2.29. The van der Waals surface area contributed by atoms with Crippen LogP contribution in [0.2, 0.25) is 0 Å². The number of fused-ring (bicyclic) bond motifs is 1. The average Bonchev–Trinajstić information content (AvgIpc) is 2.84. The molecule has 3 aromatic rings. The lowest BCUT2D eigenvalue weighted by atomic mass is 10.1. The number of aromatic amines is 1. The van der Waals surface area contributed by atoms with Crippen LogP contribution in [0.1, 0.15) is 16.1 Å². The quantitative estimate of drug-likeness (QED) is 0.723. The first-order valence-corrected chi connectivity index (χ1v) is 6.69. The van der Waals surface area contributed by atoms with Gasteiger partial charge in [-0.15, -0.1) is 0 Å². The molecule has 3 nitrogen and oxygen atoms in total. The van der Waals surface area contributed by atoms with E-state index in [0.717, 1.165) is 33.0 Å².